The van der Waals surface area contributed by atoms with Gasteiger partial charge in [0.25, 0.3) is 5.91 Å². The van der Waals surface area contributed by atoms with Crippen LogP contribution in [-0.2, 0) is 0 Å². The molecule has 4 rings (SSSR count). The van der Waals surface area contributed by atoms with Crippen LogP contribution >= 0.6 is 0 Å². The summed E-state index contributed by atoms with van der Waals surface area (Å²) < 4.78 is 3.38. The molecule has 0 spiro atoms. The summed E-state index contributed by atoms with van der Waals surface area (Å²) in [6.07, 6.45) is 3.41. The smallest absolute Gasteiger partial charge is 0.282 e. The van der Waals surface area contributed by atoms with Crippen molar-refractivity contribution >= 4 is 22.6 Å². The molecule has 0 bridgehead atoms. The Morgan fingerprint density at radius 2 is 1.90 bits per heavy atom. The fraction of sp³-hybridized carbons (Fsp3) is 0.0625. The van der Waals surface area contributed by atoms with Crippen molar-refractivity contribution in [2.24, 2.45) is 0 Å². The molecule has 0 fully saturated rings. The normalized spacial score (nSPS) is 11.3. The Morgan fingerprint density at radius 3 is 2.81 bits per heavy atom. The largest absolute Gasteiger partial charge is 0.295 e. The number of hydrogen-bond acceptors (Lipinski definition) is 3. The third-order valence-corrected chi connectivity index (χ3v) is 3.58. The molecule has 102 valence electrons. The minimum atomic E-state index is -0.125. The van der Waals surface area contributed by atoms with Gasteiger partial charge in [-0.3, -0.25) is 13.8 Å². The maximum atomic E-state index is 12.9. The van der Waals surface area contributed by atoms with E-state index in [0.717, 1.165) is 16.7 Å². The van der Waals surface area contributed by atoms with Crippen LogP contribution in [0, 0.1) is 6.92 Å². The first-order valence-electron chi connectivity index (χ1n) is 6.66. The third-order valence-electron chi connectivity index (χ3n) is 3.58. The van der Waals surface area contributed by atoms with Gasteiger partial charge >= 0.3 is 0 Å². The Kier molecular flexibility index (Phi) is 2.41. The highest BCUT2D eigenvalue weighted by molar-refractivity contribution is 6.01. The number of aryl methyl sites for hydroxylation is 1. The molecule has 0 atom stereocenters. The number of nitrogens with zero attached hydrogens (tertiary/aromatic N) is 4. The van der Waals surface area contributed by atoms with Crippen LogP contribution < -0.4 is 0 Å². The molecule has 4 aromatic rings. The predicted octanol–water partition coefficient (Wildman–Crippen LogP) is 2.68. The van der Waals surface area contributed by atoms with E-state index in [4.69, 9.17) is 0 Å². The molecule has 3 heterocycles. The molecule has 0 aliphatic rings. The first kappa shape index (κ1) is 11.8. The number of benzene rings is 1. The van der Waals surface area contributed by atoms with Crippen molar-refractivity contribution in [1.82, 2.24) is 18.9 Å². The highest BCUT2D eigenvalue weighted by Crippen LogP contribution is 2.17. The number of para-hydroxylation sites is 2. The minimum Gasteiger partial charge on any atom is -0.295 e. The van der Waals surface area contributed by atoms with Crippen molar-refractivity contribution < 1.29 is 4.79 Å². The molecule has 0 aliphatic carbocycles. The number of hydrogen-bond donors (Lipinski definition) is 0. The van der Waals surface area contributed by atoms with E-state index in [2.05, 4.69) is 9.97 Å². The lowest BCUT2D eigenvalue weighted by Crippen LogP contribution is -2.14. The van der Waals surface area contributed by atoms with Gasteiger partial charge in [0.05, 0.1) is 16.7 Å². The van der Waals surface area contributed by atoms with E-state index in [1.54, 1.807) is 10.9 Å². The maximum absolute atomic E-state index is 12.9. The number of carbonyl (C=O) groups excluding carboxylic acids is 1. The van der Waals surface area contributed by atoms with Crippen LogP contribution in [0.5, 0.6) is 0 Å². The van der Waals surface area contributed by atoms with Gasteiger partial charge in [-0.2, -0.15) is 0 Å². The first-order chi connectivity index (χ1) is 10.3. The topological polar surface area (TPSA) is 52.2 Å². The van der Waals surface area contributed by atoms with Crippen LogP contribution in [0.2, 0.25) is 0 Å². The van der Waals surface area contributed by atoms with Crippen molar-refractivity contribution in [3.63, 3.8) is 0 Å². The molecule has 3 aromatic heterocycles. The van der Waals surface area contributed by atoms with Crippen molar-refractivity contribution in [2.75, 3.05) is 0 Å². The van der Waals surface area contributed by atoms with Crippen LogP contribution in [0.3, 0.4) is 0 Å². The van der Waals surface area contributed by atoms with Crippen LogP contribution in [0.25, 0.3) is 16.7 Å². The molecule has 0 saturated carbocycles. The molecule has 0 amide bonds. The van der Waals surface area contributed by atoms with Crippen molar-refractivity contribution in [1.29, 1.82) is 0 Å². The summed E-state index contributed by atoms with van der Waals surface area (Å²) in [6.45, 7) is 1.85. The summed E-state index contributed by atoms with van der Waals surface area (Å²) in [5, 5.41) is 0. The fourth-order valence-electron chi connectivity index (χ4n) is 2.61. The minimum absolute atomic E-state index is 0.125. The average molecular weight is 276 g/mol. The Labute approximate surface area is 120 Å². The van der Waals surface area contributed by atoms with Gasteiger partial charge in [0, 0.05) is 6.20 Å². The fourth-order valence-corrected chi connectivity index (χ4v) is 2.61. The van der Waals surface area contributed by atoms with E-state index in [-0.39, 0.29) is 5.91 Å². The quantitative estimate of drug-likeness (QED) is 0.537. The molecule has 21 heavy (non-hydrogen) atoms. The van der Waals surface area contributed by atoms with Crippen LogP contribution in [0.1, 0.15) is 16.2 Å². The van der Waals surface area contributed by atoms with Gasteiger partial charge in [0.1, 0.15) is 17.7 Å². The van der Waals surface area contributed by atoms with E-state index in [9.17, 15) is 4.79 Å². The highest BCUT2D eigenvalue weighted by atomic mass is 16.2. The maximum Gasteiger partial charge on any atom is 0.282 e. The standard InChI is InChI=1S/C16H12N4O/c1-11-15(19-9-5-4-8-14(19)18-11)16(21)20-10-17-12-6-2-3-7-13(12)20/h2-10H,1H3. The molecule has 1 aromatic carbocycles. The Hall–Kier alpha value is -2.95. The number of aromatic nitrogens is 4. The second-order valence-electron chi connectivity index (χ2n) is 4.88. The van der Waals surface area contributed by atoms with Crippen LogP contribution in [0.4, 0.5) is 0 Å². The van der Waals surface area contributed by atoms with E-state index >= 15 is 0 Å². The van der Waals surface area contributed by atoms with Gasteiger partial charge in [-0.05, 0) is 31.2 Å². The number of carbonyl (C=O) groups is 1. The lowest BCUT2D eigenvalue weighted by molar-refractivity contribution is 0.0958. The summed E-state index contributed by atoms with van der Waals surface area (Å²) in [4.78, 5) is 21.6. The van der Waals surface area contributed by atoms with Crippen molar-refractivity contribution in [3.05, 3.63) is 66.4 Å². The first-order valence-corrected chi connectivity index (χ1v) is 6.66. The molecule has 0 saturated heterocycles. The average Bonchev–Trinajstić information content (AvgIpc) is 3.06. The SMILES string of the molecule is Cc1nc2ccccn2c1C(=O)n1cnc2ccccc21. The highest BCUT2D eigenvalue weighted by Gasteiger charge is 2.19. The van der Waals surface area contributed by atoms with E-state index in [1.165, 1.54) is 0 Å². The summed E-state index contributed by atoms with van der Waals surface area (Å²) >= 11 is 0. The number of rotatable bonds is 1. The molecular weight excluding hydrogens is 264 g/mol. The van der Waals surface area contributed by atoms with Crippen LogP contribution in [-0.4, -0.2) is 24.8 Å². The molecule has 0 radical (unpaired) electrons. The second-order valence-corrected chi connectivity index (χ2v) is 4.88. The molecule has 5 heteroatoms. The summed E-state index contributed by atoms with van der Waals surface area (Å²) in [5.41, 5.74) is 3.64. The Balaban J connectivity index is 1.96. The molecule has 5 nitrogen and oxygen atoms in total. The van der Waals surface area contributed by atoms with Gasteiger partial charge in [-0.1, -0.05) is 18.2 Å². The monoisotopic (exact) mass is 276 g/mol. The molecule has 0 N–H and O–H groups in total. The lowest BCUT2D eigenvalue weighted by Gasteiger charge is -2.04. The molecule has 0 aliphatic heterocycles. The number of pyridine rings is 1. The van der Waals surface area contributed by atoms with Gasteiger partial charge in [0.2, 0.25) is 0 Å². The van der Waals surface area contributed by atoms with E-state index < -0.39 is 0 Å². The summed E-state index contributed by atoms with van der Waals surface area (Å²) in [6, 6.07) is 13.3. The zero-order chi connectivity index (χ0) is 14.4. The Bertz CT molecular complexity index is 980. The predicted molar refractivity (Wildman–Crippen MR) is 79.4 cm³/mol. The van der Waals surface area contributed by atoms with Crippen LogP contribution in [0.15, 0.2) is 55.0 Å². The van der Waals surface area contributed by atoms with Gasteiger partial charge in [-0.15, -0.1) is 0 Å². The number of imidazole rings is 2. The number of fused-ring (bicyclic) bond motifs is 2. The van der Waals surface area contributed by atoms with Crippen molar-refractivity contribution in [2.45, 2.75) is 6.92 Å². The molecular formula is C16H12N4O. The lowest BCUT2D eigenvalue weighted by atomic mass is 10.3. The van der Waals surface area contributed by atoms with Gasteiger partial charge < -0.3 is 0 Å². The van der Waals surface area contributed by atoms with Gasteiger partial charge in [0.15, 0.2) is 0 Å². The molecule has 0 unspecified atom stereocenters. The zero-order valence-electron chi connectivity index (χ0n) is 11.4. The van der Waals surface area contributed by atoms with Crippen molar-refractivity contribution in [3.8, 4) is 0 Å². The summed E-state index contributed by atoms with van der Waals surface area (Å²) in [7, 11) is 0. The second kappa shape index (κ2) is 4.28. The van der Waals surface area contributed by atoms with E-state index in [0.29, 0.717) is 11.4 Å². The van der Waals surface area contributed by atoms with Gasteiger partial charge in [-0.25, -0.2) is 9.97 Å². The Morgan fingerprint density at radius 1 is 1.10 bits per heavy atom. The summed E-state index contributed by atoms with van der Waals surface area (Å²) in [5.74, 6) is -0.125. The third kappa shape index (κ3) is 1.67. The van der Waals surface area contributed by atoms with E-state index in [1.807, 2.05) is 60.0 Å². The zero-order valence-corrected chi connectivity index (χ0v) is 11.4.